The highest BCUT2D eigenvalue weighted by atomic mass is 35.5. The second kappa shape index (κ2) is 6.81. The van der Waals surface area contributed by atoms with Gasteiger partial charge < -0.3 is 5.32 Å². The lowest BCUT2D eigenvalue weighted by Gasteiger charge is -2.09. The summed E-state index contributed by atoms with van der Waals surface area (Å²) in [5, 5.41) is 7.58. The summed E-state index contributed by atoms with van der Waals surface area (Å²) < 4.78 is 1.66. The van der Waals surface area contributed by atoms with E-state index in [-0.39, 0.29) is 5.91 Å². The van der Waals surface area contributed by atoms with Crippen molar-refractivity contribution in [2.24, 2.45) is 7.05 Å². The van der Waals surface area contributed by atoms with Crippen molar-refractivity contribution in [2.75, 3.05) is 5.32 Å². The van der Waals surface area contributed by atoms with Gasteiger partial charge in [0.1, 0.15) is 0 Å². The van der Waals surface area contributed by atoms with Crippen LogP contribution in [0.5, 0.6) is 0 Å². The zero-order chi connectivity index (χ0) is 19.0. The summed E-state index contributed by atoms with van der Waals surface area (Å²) in [6.07, 6.45) is 1.68. The number of halogens is 1. The number of nitrogens with one attached hydrogen (secondary N) is 1. The fourth-order valence-electron chi connectivity index (χ4n) is 2.75. The van der Waals surface area contributed by atoms with Gasteiger partial charge in [-0.15, -0.1) is 0 Å². The van der Waals surface area contributed by atoms with Gasteiger partial charge in [0.2, 0.25) is 0 Å². The molecular weight excluding hydrogens is 362 g/mol. The predicted molar refractivity (Wildman–Crippen MR) is 106 cm³/mol. The van der Waals surface area contributed by atoms with E-state index >= 15 is 0 Å². The standard InChI is InChI=1S/C20H16ClN5O/c1-12-9-18(25-26(12)2)20(27)23-13-7-8-15(21)14(10-13)19-11-22-16-5-3-4-6-17(16)24-19/h3-11H,1-2H3,(H,23,27). The molecule has 1 N–H and O–H groups in total. The number of nitrogens with zero attached hydrogens (tertiary/aromatic N) is 4. The first-order chi connectivity index (χ1) is 13.0. The van der Waals surface area contributed by atoms with Crippen LogP contribution < -0.4 is 5.32 Å². The molecule has 6 nitrogen and oxygen atoms in total. The van der Waals surface area contributed by atoms with Gasteiger partial charge in [-0.1, -0.05) is 23.7 Å². The molecule has 0 spiro atoms. The van der Waals surface area contributed by atoms with E-state index in [9.17, 15) is 4.79 Å². The smallest absolute Gasteiger partial charge is 0.276 e. The van der Waals surface area contributed by atoms with Crippen molar-refractivity contribution in [1.82, 2.24) is 19.7 Å². The van der Waals surface area contributed by atoms with Crippen molar-refractivity contribution in [1.29, 1.82) is 0 Å². The molecule has 0 atom stereocenters. The number of carbonyl (C=O) groups excluding carboxylic acids is 1. The van der Waals surface area contributed by atoms with Gasteiger partial charge in [0.15, 0.2) is 5.69 Å². The van der Waals surface area contributed by atoms with Crippen LogP contribution in [0.4, 0.5) is 5.69 Å². The first-order valence-electron chi connectivity index (χ1n) is 8.35. The fraction of sp³-hybridized carbons (Fsp3) is 0.100. The van der Waals surface area contributed by atoms with Gasteiger partial charge in [-0.25, -0.2) is 4.98 Å². The molecule has 0 aliphatic carbocycles. The molecular formula is C20H16ClN5O. The highest BCUT2D eigenvalue weighted by molar-refractivity contribution is 6.33. The summed E-state index contributed by atoms with van der Waals surface area (Å²) in [7, 11) is 1.80. The highest BCUT2D eigenvalue weighted by Gasteiger charge is 2.13. The Morgan fingerprint density at radius 1 is 1.11 bits per heavy atom. The molecule has 0 fully saturated rings. The van der Waals surface area contributed by atoms with Crippen LogP contribution in [-0.4, -0.2) is 25.7 Å². The molecule has 0 unspecified atom stereocenters. The lowest BCUT2D eigenvalue weighted by atomic mass is 10.1. The molecule has 0 saturated carbocycles. The lowest BCUT2D eigenvalue weighted by Crippen LogP contribution is -2.13. The third-order valence-corrected chi connectivity index (χ3v) is 4.62. The largest absolute Gasteiger partial charge is 0.321 e. The minimum Gasteiger partial charge on any atom is -0.321 e. The van der Waals surface area contributed by atoms with E-state index in [2.05, 4.69) is 20.4 Å². The first-order valence-corrected chi connectivity index (χ1v) is 8.73. The van der Waals surface area contributed by atoms with Crippen LogP contribution >= 0.6 is 11.6 Å². The molecule has 0 radical (unpaired) electrons. The predicted octanol–water partition coefficient (Wildman–Crippen LogP) is 4.24. The second-order valence-corrected chi connectivity index (χ2v) is 6.59. The maximum Gasteiger partial charge on any atom is 0.276 e. The molecule has 7 heteroatoms. The van der Waals surface area contributed by atoms with E-state index in [1.165, 1.54) is 0 Å². The van der Waals surface area contributed by atoms with Gasteiger partial charge in [0.25, 0.3) is 5.91 Å². The van der Waals surface area contributed by atoms with Gasteiger partial charge in [-0.05, 0) is 43.3 Å². The van der Waals surface area contributed by atoms with Gasteiger partial charge in [0, 0.05) is 24.0 Å². The minimum atomic E-state index is -0.281. The Morgan fingerprint density at radius 3 is 2.63 bits per heavy atom. The number of carbonyl (C=O) groups is 1. The van der Waals surface area contributed by atoms with Crippen LogP contribution in [0.3, 0.4) is 0 Å². The van der Waals surface area contributed by atoms with E-state index in [1.54, 1.807) is 42.2 Å². The summed E-state index contributed by atoms with van der Waals surface area (Å²) in [5.41, 5.74) is 4.81. The molecule has 0 aliphatic rings. The third-order valence-electron chi connectivity index (χ3n) is 4.30. The fourth-order valence-corrected chi connectivity index (χ4v) is 2.97. The van der Waals surface area contributed by atoms with Crippen molar-refractivity contribution in [3.63, 3.8) is 0 Å². The van der Waals surface area contributed by atoms with Crippen molar-refractivity contribution >= 4 is 34.2 Å². The van der Waals surface area contributed by atoms with Gasteiger partial charge in [-0.2, -0.15) is 5.10 Å². The summed E-state index contributed by atoms with van der Waals surface area (Å²) in [6, 6.07) is 14.6. The normalized spacial score (nSPS) is 10.9. The summed E-state index contributed by atoms with van der Waals surface area (Å²) in [5.74, 6) is -0.281. The van der Waals surface area contributed by atoms with Gasteiger partial charge >= 0.3 is 0 Å². The summed E-state index contributed by atoms with van der Waals surface area (Å²) in [4.78, 5) is 21.5. The molecule has 1 amide bonds. The molecule has 27 heavy (non-hydrogen) atoms. The van der Waals surface area contributed by atoms with Gasteiger partial charge in [-0.3, -0.25) is 14.5 Å². The lowest BCUT2D eigenvalue weighted by molar-refractivity contribution is 0.102. The zero-order valence-electron chi connectivity index (χ0n) is 14.8. The number of hydrogen-bond donors (Lipinski definition) is 1. The van der Waals surface area contributed by atoms with Crippen LogP contribution in [0.1, 0.15) is 16.2 Å². The quantitative estimate of drug-likeness (QED) is 0.579. The monoisotopic (exact) mass is 377 g/mol. The molecule has 2 aromatic carbocycles. The summed E-state index contributed by atoms with van der Waals surface area (Å²) >= 11 is 6.36. The number of anilines is 1. The van der Waals surface area contributed by atoms with E-state index in [0.29, 0.717) is 27.7 Å². The maximum absolute atomic E-state index is 12.4. The van der Waals surface area contributed by atoms with Gasteiger partial charge in [0.05, 0.1) is 27.9 Å². The number of aromatic nitrogens is 4. The number of para-hydroxylation sites is 2. The van der Waals surface area contributed by atoms with Crippen molar-refractivity contribution in [2.45, 2.75) is 6.92 Å². The first kappa shape index (κ1) is 17.2. The van der Waals surface area contributed by atoms with Crippen molar-refractivity contribution < 1.29 is 4.79 Å². The third kappa shape index (κ3) is 3.39. The van der Waals surface area contributed by atoms with Crippen molar-refractivity contribution in [3.05, 3.63) is 71.1 Å². The maximum atomic E-state index is 12.4. The van der Waals surface area contributed by atoms with E-state index in [1.807, 2.05) is 31.2 Å². The highest BCUT2D eigenvalue weighted by Crippen LogP contribution is 2.30. The summed E-state index contributed by atoms with van der Waals surface area (Å²) in [6.45, 7) is 1.89. The van der Waals surface area contributed by atoms with Crippen LogP contribution in [0, 0.1) is 6.92 Å². The van der Waals surface area contributed by atoms with Crippen LogP contribution in [0.2, 0.25) is 5.02 Å². The Balaban J connectivity index is 1.67. The Bertz CT molecular complexity index is 1150. The van der Waals surface area contributed by atoms with Crippen molar-refractivity contribution in [3.8, 4) is 11.3 Å². The number of benzene rings is 2. The zero-order valence-corrected chi connectivity index (χ0v) is 15.5. The Hall–Kier alpha value is -3.25. The minimum absolute atomic E-state index is 0.281. The van der Waals surface area contributed by atoms with Crippen LogP contribution in [-0.2, 0) is 7.05 Å². The Morgan fingerprint density at radius 2 is 1.89 bits per heavy atom. The van der Waals surface area contributed by atoms with E-state index < -0.39 is 0 Å². The number of amides is 1. The average molecular weight is 378 g/mol. The second-order valence-electron chi connectivity index (χ2n) is 6.19. The van der Waals surface area contributed by atoms with Crippen LogP contribution in [0.25, 0.3) is 22.3 Å². The number of rotatable bonds is 3. The molecule has 4 rings (SSSR count). The molecule has 2 heterocycles. The molecule has 4 aromatic rings. The SMILES string of the molecule is Cc1cc(C(=O)Nc2ccc(Cl)c(-c3cnc4ccccc4n3)c2)nn1C. The number of fused-ring (bicyclic) bond motifs is 1. The Labute approximate surface area is 160 Å². The molecule has 2 aromatic heterocycles. The van der Waals surface area contributed by atoms with E-state index in [4.69, 9.17) is 11.6 Å². The number of hydrogen-bond acceptors (Lipinski definition) is 4. The molecule has 134 valence electrons. The number of aryl methyl sites for hydroxylation is 2. The molecule has 0 saturated heterocycles. The van der Waals surface area contributed by atoms with Crippen LogP contribution in [0.15, 0.2) is 54.7 Å². The average Bonchev–Trinajstić information content (AvgIpc) is 3.02. The molecule has 0 bridgehead atoms. The Kier molecular flexibility index (Phi) is 4.33. The molecule has 0 aliphatic heterocycles. The topological polar surface area (TPSA) is 72.7 Å². The van der Waals surface area contributed by atoms with E-state index in [0.717, 1.165) is 16.7 Å².